The van der Waals surface area contributed by atoms with Gasteiger partial charge in [-0.2, -0.15) is 11.3 Å². The van der Waals surface area contributed by atoms with Gasteiger partial charge in [-0.3, -0.25) is 0 Å². The molecule has 0 radical (unpaired) electrons. The summed E-state index contributed by atoms with van der Waals surface area (Å²) in [6.45, 7) is 0.139. The standard InChI is InChI=1S/C15H18ClN3O2S/c1-19(2)14-11(16)4-3-5-12(14)18-15(21)17-8-13(20)10-6-7-22-9-10/h3-7,9,13,20H,8H2,1-2H3,(H2,17,18,21). The van der Waals surface area contributed by atoms with Crippen LogP contribution in [0.1, 0.15) is 11.7 Å². The second-order valence-corrected chi connectivity index (χ2v) is 6.13. The number of thiophene rings is 1. The Labute approximate surface area is 138 Å². The lowest BCUT2D eigenvalue weighted by Gasteiger charge is -2.20. The number of carbonyl (C=O) groups is 1. The van der Waals surface area contributed by atoms with E-state index in [0.717, 1.165) is 11.3 Å². The van der Waals surface area contributed by atoms with Gasteiger partial charge in [0.1, 0.15) is 0 Å². The minimum absolute atomic E-state index is 0.139. The lowest BCUT2D eigenvalue weighted by atomic mass is 10.2. The number of hydrogen-bond acceptors (Lipinski definition) is 4. The Kier molecular flexibility index (Phi) is 5.65. The van der Waals surface area contributed by atoms with Crippen LogP contribution in [0.15, 0.2) is 35.0 Å². The van der Waals surface area contributed by atoms with Crippen LogP contribution in [-0.2, 0) is 0 Å². The third kappa shape index (κ3) is 4.13. The quantitative estimate of drug-likeness (QED) is 0.783. The van der Waals surface area contributed by atoms with Gasteiger partial charge in [0, 0.05) is 20.6 Å². The zero-order chi connectivity index (χ0) is 16.1. The molecule has 0 aliphatic carbocycles. The van der Waals surface area contributed by atoms with E-state index in [4.69, 9.17) is 11.6 Å². The van der Waals surface area contributed by atoms with Crippen molar-refractivity contribution in [2.24, 2.45) is 0 Å². The molecule has 2 aromatic rings. The minimum atomic E-state index is -0.718. The van der Waals surface area contributed by atoms with Gasteiger partial charge in [-0.05, 0) is 34.5 Å². The van der Waals surface area contributed by atoms with Gasteiger partial charge in [0.15, 0.2) is 0 Å². The molecule has 2 rings (SSSR count). The van der Waals surface area contributed by atoms with Crippen molar-refractivity contribution in [1.29, 1.82) is 0 Å². The van der Waals surface area contributed by atoms with Crippen LogP contribution in [0.5, 0.6) is 0 Å². The number of nitrogens with zero attached hydrogens (tertiary/aromatic N) is 1. The molecule has 0 fully saturated rings. The van der Waals surface area contributed by atoms with Crippen LogP contribution in [0.3, 0.4) is 0 Å². The van der Waals surface area contributed by atoms with Crippen molar-refractivity contribution in [2.45, 2.75) is 6.10 Å². The SMILES string of the molecule is CN(C)c1c(Cl)cccc1NC(=O)NCC(O)c1ccsc1. The molecule has 1 unspecified atom stereocenters. The summed E-state index contributed by atoms with van der Waals surface area (Å²) in [4.78, 5) is 13.8. The third-order valence-corrected chi connectivity index (χ3v) is 4.07. The van der Waals surface area contributed by atoms with Crippen LogP contribution in [0, 0.1) is 0 Å². The third-order valence-electron chi connectivity index (χ3n) is 3.07. The summed E-state index contributed by atoms with van der Waals surface area (Å²) in [6, 6.07) is 6.75. The van der Waals surface area contributed by atoms with E-state index in [9.17, 15) is 9.90 Å². The highest BCUT2D eigenvalue weighted by Crippen LogP contribution is 2.32. The maximum Gasteiger partial charge on any atom is 0.319 e. The van der Waals surface area contributed by atoms with E-state index >= 15 is 0 Å². The van der Waals surface area contributed by atoms with Gasteiger partial charge >= 0.3 is 6.03 Å². The predicted octanol–water partition coefficient (Wildman–Crippen LogP) is 3.32. The van der Waals surface area contributed by atoms with Gasteiger partial charge in [-0.15, -0.1) is 0 Å². The Morgan fingerprint density at radius 1 is 1.41 bits per heavy atom. The molecule has 0 aliphatic heterocycles. The fraction of sp³-hybridized carbons (Fsp3) is 0.267. The number of amides is 2. The van der Waals surface area contributed by atoms with Gasteiger partial charge in [0.2, 0.25) is 0 Å². The van der Waals surface area contributed by atoms with Crippen molar-refractivity contribution in [3.05, 3.63) is 45.6 Å². The van der Waals surface area contributed by atoms with E-state index in [-0.39, 0.29) is 12.6 Å². The summed E-state index contributed by atoms with van der Waals surface area (Å²) >= 11 is 7.65. The number of carbonyl (C=O) groups excluding carboxylic acids is 1. The summed E-state index contributed by atoms with van der Waals surface area (Å²) in [5, 5.41) is 19.6. The zero-order valence-corrected chi connectivity index (χ0v) is 13.9. The van der Waals surface area contributed by atoms with Gasteiger partial charge in [-0.1, -0.05) is 17.7 Å². The Morgan fingerprint density at radius 3 is 2.82 bits per heavy atom. The average Bonchev–Trinajstić information content (AvgIpc) is 2.98. The minimum Gasteiger partial charge on any atom is -0.387 e. The predicted molar refractivity (Wildman–Crippen MR) is 92.1 cm³/mol. The van der Waals surface area contributed by atoms with Crippen molar-refractivity contribution < 1.29 is 9.90 Å². The molecule has 1 atom stereocenters. The number of anilines is 2. The molecular weight excluding hydrogens is 322 g/mol. The first-order valence-corrected chi connectivity index (χ1v) is 8.02. The van der Waals surface area contributed by atoms with Crippen LogP contribution in [0.25, 0.3) is 0 Å². The summed E-state index contributed by atoms with van der Waals surface area (Å²) in [5.41, 5.74) is 2.14. The molecule has 1 aromatic heterocycles. The average molecular weight is 340 g/mol. The van der Waals surface area contributed by atoms with E-state index in [1.54, 1.807) is 18.2 Å². The van der Waals surface area contributed by atoms with Crippen LogP contribution < -0.4 is 15.5 Å². The fourth-order valence-electron chi connectivity index (χ4n) is 2.01. The van der Waals surface area contributed by atoms with Crippen molar-refractivity contribution in [3.8, 4) is 0 Å². The Hall–Kier alpha value is -1.76. The Morgan fingerprint density at radius 2 is 2.18 bits per heavy atom. The molecule has 2 amide bonds. The van der Waals surface area contributed by atoms with Gasteiger partial charge in [0.25, 0.3) is 0 Å². The molecule has 0 bridgehead atoms. The second kappa shape index (κ2) is 7.49. The van der Waals surface area contributed by atoms with Crippen molar-refractivity contribution in [1.82, 2.24) is 5.32 Å². The summed E-state index contributed by atoms with van der Waals surface area (Å²) in [7, 11) is 3.70. The van der Waals surface area contributed by atoms with E-state index in [1.165, 1.54) is 11.3 Å². The number of rotatable bonds is 5. The lowest BCUT2D eigenvalue weighted by Crippen LogP contribution is -2.32. The molecule has 0 aliphatic rings. The molecule has 3 N–H and O–H groups in total. The first kappa shape index (κ1) is 16.6. The van der Waals surface area contributed by atoms with E-state index in [1.807, 2.05) is 35.8 Å². The number of nitrogens with one attached hydrogen (secondary N) is 2. The van der Waals surface area contributed by atoms with E-state index < -0.39 is 6.10 Å². The number of aliphatic hydroxyl groups is 1. The van der Waals surface area contributed by atoms with Crippen LogP contribution >= 0.6 is 22.9 Å². The molecule has 0 spiro atoms. The number of aliphatic hydroxyl groups excluding tert-OH is 1. The van der Waals surface area contributed by atoms with Crippen molar-refractivity contribution >= 4 is 40.3 Å². The Bertz CT molecular complexity index is 632. The smallest absolute Gasteiger partial charge is 0.319 e. The fourth-order valence-corrected chi connectivity index (χ4v) is 3.06. The summed E-state index contributed by atoms with van der Waals surface area (Å²) < 4.78 is 0. The Balaban J connectivity index is 1.97. The van der Waals surface area contributed by atoms with Crippen LogP contribution in [0.2, 0.25) is 5.02 Å². The summed E-state index contributed by atoms with van der Waals surface area (Å²) in [5.74, 6) is 0. The van der Waals surface area contributed by atoms with Gasteiger partial charge < -0.3 is 20.6 Å². The highest BCUT2D eigenvalue weighted by Gasteiger charge is 2.13. The highest BCUT2D eigenvalue weighted by molar-refractivity contribution is 7.07. The topological polar surface area (TPSA) is 64.6 Å². The maximum absolute atomic E-state index is 12.0. The molecule has 0 saturated heterocycles. The molecule has 22 heavy (non-hydrogen) atoms. The molecule has 1 aromatic carbocycles. The van der Waals surface area contributed by atoms with Crippen molar-refractivity contribution in [3.63, 3.8) is 0 Å². The van der Waals surface area contributed by atoms with Crippen molar-refractivity contribution in [2.75, 3.05) is 30.9 Å². The zero-order valence-electron chi connectivity index (χ0n) is 12.3. The normalized spacial score (nSPS) is 11.8. The number of para-hydroxylation sites is 1. The van der Waals surface area contributed by atoms with E-state index in [2.05, 4.69) is 10.6 Å². The van der Waals surface area contributed by atoms with Crippen LogP contribution in [-0.4, -0.2) is 31.8 Å². The molecule has 118 valence electrons. The first-order chi connectivity index (χ1) is 10.5. The summed E-state index contributed by atoms with van der Waals surface area (Å²) in [6.07, 6.45) is -0.718. The lowest BCUT2D eigenvalue weighted by molar-refractivity contribution is 0.175. The first-order valence-electron chi connectivity index (χ1n) is 6.70. The monoisotopic (exact) mass is 339 g/mol. The number of halogens is 1. The number of hydrogen-bond donors (Lipinski definition) is 3. The largest absolute Gasteiger partial charge is 0.387 e. The molecule has 0 saturated carbocycles. The second-order valence-electron chi connectivity index (χ2n) is 4.94. The van der Waals surface area contributed by atoms with Crippen LogP contribution in [0.4, 0.5) is 16.2 Å². The molecule has 1 heterocycles. The number of urea groups is 1. The van der Waals surface area contributed by atoms with E-state index in [0.29, 0.717) is 10.7 Å². The molecule has 5 nitrogen and oxygen atoms in total. The molecule has 7 heteroatoms. The highest BCUT2D eigenvalue weighted by atomic mass is 35.5. The molecular formula is C15H18ClN3O2S. The van der Waals surface area contributed by atoms with Gasteiger partial charge in [0.05, 0.1) is 22.5 Å². The number of benzene rings is 1. The van der Waals surface area contributed by atoms with Gasteiger partial charge in [-0.25, -0.2) is 4.79 Å². The maximum atomic E-state index is 12.0.